The number of hydrogen-bond donors (Lipinski definition) is 3. The van der Waals surface area contributed by atoms with E-state index in [1.807, 2.05) is 6.07 Å². The number of nitrogens with one attached hydrogen (secondary N) is 1. The van der Waals surface area contributed by atoms with Crippen LogP contribution in [0, 0.1) is 0 Å². The van der Waals surface area contributed by atoms with Gasteiger partial charge in [-0.05, 0) is 24.3 Å². The van der Waals surface area contributed by atoms with Gasteiger partial charge < -0.3 is 11.1 Å². The lowest BCUT2D eigenvalue weighted by Gasteiger charge is -2.24. The fourth-order valence-electron chi connectivity index (χ4n) is 1.22. The molecule has 1 aliphatic rings. The van der Waals surface area contributed by atoms with E-state index in [9.17, 15) is 0 Å². The Balaban J connectivity index is 2.13. The van der Waals surface area contributed by atoms with Gasteiger partial charge in [0.05, 0.1) is 5.82 Å². The standard InChI is InChI=1S/C10H12N6/c11-8-4-3-6-10(12,14-8)16-15-9-5-1-2-7-13-9/h1-7,14H,11-12H2. The van der Waals surface area contributed by atoms with Crippen LogP contribution in [0.3, 0.4) is 0 Å². The molecule has 6 heteroatoms. The predicted octanol–water partition coefficient (Wildman–Crippen LogP) is 0.737. The van der Waals surface area contributed by atoms with Gasteiger partial charge in [-0.2, -0.15) is 0 Å². The fourth-order valence-corrected chi connectivity index (χ4v) is 1.22. The van der Waals surface area contributed by atoms with Crippen LogP contribution in [0.2, 0.25) is 0 Å². The summed E-state index contributed by atoms with van der Waals surface area (Å²) in [5.41, 5.74) is 11.5. The Labute approximate surface area is 92.8 Å². The maximum atomic E-state index is 5.89. The van der Waals surface area contributed by atoms with E-state index < -0.39 is 5.79 Å². The summed E-state index contributed by atoms with van der Waals surface area (Å²) < 4.78 is 0. The van der Waals surface area contributed by atoms with Gasteiger partial charge in [-0.25, -0.2) is 4.98 Å². The van der Waals surface area contributed by atoms with E-state index in [2.05, 4.69) is 20.5 Å². The van der Waals surface area contributed by atoms with Gasteiger partial charge in [-0.15, -0.1) is 10.2 Å². The lowest BCUT2D eigenvalue weighted by atomic mass is 10.2. The average molecular weight is 216 g/mol. The Bertz CT molecular complexity index is 450. The van der Waals surface area contributed by atoms with Crippen molar-refractivity contribution < 1.29 is 0 Å². The topological polar surface area (TPSA) is 102 Å². The zero-order valence-electron chi connectivity index (χ0n) is 8.54. The highest BCUT2D eigenvalue weighted by Crippen LogP contribution is 2.12. The smallest absolute Gasteiger partial charge is 0.223 e. The number of rotatable bonds is 2. The summed E-state index contributed by atoms with van der Waals surface area (Å²) in [6, 6.07) is 5.36. The normalized spacial score (nSPS) is 24.2. The lowest BCUT2D eigenvalue weighted by Crippen LogP contribution is -2.52. The van der Waals surface area contributed by atoms with Crippen LogP contribution in [-0.4, -0.2) is 10.8 Å². The van der Waals surface area contributed by atoms with Crippen LogP contribution in [-0.2, 0) is 0 Å². The van der Waals surface area contributed by atoms with Gasteiger partial charge in [0.25, 0.3) is 0 Å². The molecule has 0 spiro atoms. The minimum Gasteiger partial charge on any atom is -0.385 e. The Morgan fingerprint density at radius 1 is 1.38 bits per heavy atom. The molecule has 0 fully saturated rings. The van der Waals surface area contributed by atoms with Crippen LogP contribution in [0.25, 0.3) is 0 Å². The van der Waals surface area contributed by atoms with Crippen LogP contribution >= 0.6 is 0 Å². The molecule has 0 aliphatic carbocycles. The van der Waals surface area contributed by atoms with E-state index in [0.717, 1.165) is 0 Å². The van der Waals surface area contributed by atoms with Gasteiger partial charge in [0, 0.05) is 6.20 Å². The van der Waals surface area contributed by atoms with Crippen LogP contribution in [0.5, 0.6) is 0 Å². The molecule has 16 heavy (non-hydrogen) atoms. The van der Waals surface area contributed by atoms with Gasteiger partial charge in [0.1, 0.15) is 0 Å². The van der Waals surface area contributed by atoms with Crippen molar-refractivity contribution in [2.24, 2.45) is 21.7 Å². The minimum absolute atomic E-state index is 0.449. The molecule has 0 saturated carbocycles. The first-order valence-electron chi connectivity index (χ1n) is 4.74. The summed E-state index contributed by atoms with van der Waals surface area (Å²) >= 11 is 0. The molecule has 0 amide bonds. The molecule has 0 radical (unpaired) electrons. The third kappa shape index (κ3) is 2.43. The Morgan fingerprint density at radius 2 is 2.25 bits per heavy atom. The van der Waals surface area contributed by atoms with E-state index in [1.165, 1.54) is 0 Å². The van der Waals surface area contributed by atoms with Gasteiger partial charge in [0.15, 0.2) is 5.82 Å². The van der Waals surface area contributed by atoms with Crippen LogP contribution in [0.15, 0.2) is 58.7 Å². The average Bonchev–Trinajstić information content (AvgIpc) is 2.28. The second-order valence-corrected chi connectivity index (χ2v) is 3.32. The molecule has 0 aromatic carbocycles. The predicted molar refractivity (Wildman–Crippen MR) is 60.2 cm³/mol. The van der Waals surface area contributed by atoms with Crippen molar-refractivity contribution in [2.45, 2.75) is 5.79 Å². The first-order chi connectivity index (χ1) is 7.68. The monoisotopic (exact) mass is 216 g/mol. The largest absolute Gasteiger partial charge is 0.385 e. The molecule has 2 heterocycles. The molecule has 82 valence electrons. The maximum Gasteiger partial charge on any atom is 0.223 e. The molecule has 1 unspecified atom stereocenters. The summed E-state index contributed by atoms with van der Waals surface area (Å²) in [7, 11) is 0. The van der Waals surface area contributed by atoms with Gasteiger partial charge in [-0.3, -0.25) is 5.73 Å². The van der Waals surface area contributed by atoms with E-state index in [-0.39, 0.29) is 0 Å². The number of pyridine rings is 1. The quantitative estimate of drug-likeness (QED) is 0.634. The number of dihydropyridines is 1. The maximum absolute atomic E-state index is 5.89. The van der Waals surface area contributed by atoms with Gasteiger partial charge >= 0.3 is 0 Å². The first-order valence-corrected chi connectivity index (χ1v) is 4.74. The van der Waals surface area contributed by atoms with Crippen molar-refractivity contribution >= 4 is 5.82 Å². The van der Waals surface area contributed by atoms with Crippen molar-refractivity contribution in [1.29, 1.82) is 0 Å². The van der Waals surface area contributed by atoms with E-state index in [1.54, 1.807) is 36.6 Å². The second kappa shape index (κ2) is 4.11. The van der Waals surface area contributed by atoms with E-state index in [0.29, 0.717) is 11.6 Å². The van der Waals surface area contributed by atoms with Crippen molar-refractivity contribution in [1.82, 2.24) is 10.3 Å². The zero-order chi connectivity index (χ0) is 11.4. The van der Waals surface area contributed by atoms with Crippen LogP contribution in [0.4, 0.5) is 5.82 Å². The lowest BCUT2D eigenvalue weighted by molar-refractivity contribution is 0.450. The minimum atomic E-state index is -1.10. The molecule has 0 saturated heterocycles. The molecule has 2 rings (SSSR count). The van der Waals surface area contributed by atoms with Crippen molar-refractivity contribution in [3.8, 4) is 0 Å². The Hall–Kier alpha value is -2.21. The molecule has 1 aromatic rings. The van der Waals surface area contributed by atoms with Crippen molar-refractivity contribution in [3.05, 3.63) is 48.4 Å². The van der Waals surface area contributed by atoms with Gasteiger partial charge in [0.2, 0.25) is 5.79 Å². The second-order valence-electron chi connectivity index (χ2n) is 3.32. The highest BCUT2D eigenvalue weighted by molar-refractivity contribution is 5.25. The number of aromatic nitrogens is 1. The SMILES string of the molecule is NC1=CC=CC(N)(N=Nc2ccccn2)N1. The number of nitrogens with zero attached hydrogens (tertiary/aromatic N) is 3. The molecule has 5 N–H and O–H groups in total. The molecule has 1 aliphatic heterocycles. The summed E-state index contributed by atoms with van der Waals surface area (Å²) in [6.45, 7) is 0. The third-order valence-corrected chi connectivity index (χ3v) is 1.94. The van der Waals surface area contributed by atoms with Crippen LogP contribution in [0.1, 0.15) is 0 Å². The highest BCUT2D eigenvalue weighted by atomic mass is 15.4. The van der Waals surface area contributed by atoms with E-state index >= 15 is 0 Å². The Kier molecular flexibility index (Phi) is 2.65. The summed E-state index contributed by atoms with van der Waals surface area (Å²) in [4.78, 5) is 4.00. The third-order valence-electron chi connectivity index (χ3n) is 1.94. The molecular formula is C10H12N6. The van der Waals surface area contributed by atoms with Crippen LogP contribution < -0.4 is 16.8 Å². The number of allylic oxidation sites excluding steroid dienone is 2. The summed E-state index contributed by atoms with van der Waals surface area (Å²) in [5.74, 6) is -0.156. The number of hydrogen-bond acceptors (Lipinski definition) is 6. The Morgan fingerprint density at radius 3 is 2.94 bits per heavy atom. The van der Waals surface area contributed by atoms with Gasteiger partial charge in [-0.1, -0.05) is 12.1 Å². The summed E-state index contributed by atoms with van der Waals surface area (Å²) in [5, 5.41) is 10.7. The highest BCUT2D eigenvalue weighted by Gasteiger charge is 2.22. The van der Waals surface area contributed by atoms with E-state index in [4.69, 9.17) is 11.5 Å². The van der Waals surface area contributed by atoms with Crippen molar-refractivity contribution in [2.75, 3.05) is 0 Å². The first kappa shape index (κ1) is 10.3. The summed E-state index contributed by atoms with van der Waals surface area (Å²) in [6.07, 6.45) is 6.72. The number of azo groups is 1. The molecule has 1 atom stereocenters. The molecule has 6 nitrogen and oxygen atoms in total. The van der Waals surface area contributed by atoms with Crippen molar-refractivity contribution in [3.63, 3.8) is 0 Å². The molecule has 0 bridgehead atoms. The molecule has 1 aromatic heterocycles. The number of nitrogens with two attached hydrogens (primary N) is 2. The fraction of sp³-hybridized carbons (Fsp3) is 0.100. The zero-order valence-corrected chi connectivity index (χ0v) is 8.54. The molecular weight excluding hydrogens is 204 g/mol.